The van der Waals surface area contributed by atoms with E-state index in [1.54, 1.807) is 13.1 Å². The van der Waals surface area contributed by atoms with Crippen molar-refractivity contribution in [3.05, 3.63) is 90.4 Å². The Morgan fingerprint density at radius 2 is 1.67 bits per heavy atom. The summed E-state index contributed by atoms with van der Waals surface area (Å²) in [5.74, 6) is 0.108. The van der Waals surface area contributed by atoms with Crippen molar-refractivity contribution in [3.63, 3.8) is 0 Å². The molecule has 0 radical (unpaired) electrons. The number of hydrogen-bond acceptors (Lipinski definition) is 5. The second kappa shape index (κ2) is 12.7. The molecule has 1 aliphatic rings. The van der Waals surface area contributed by atoms with Gasteiger partial charge in [-0.15, -0.1) is 0 Å². The first-order valence-corrected chi connectivity index (χ1v) is 13.7. The van der Waals surface area contributed by atoms with E-state index in [2.05, 4.69) is 21.0 Å². The summed E-state index contributed by atoms with van der Waals surface area (Å²) in [7, 11) is 0. The molecule has 0 fully saturated rings. The maximum Gasteiger partial charge on any atom is 0.224 e. The number of carbonyl (C=O) groups excluding carboxylic acids is 2. The highest BCUT2D eigenvalue weighted by Crippen LogP contribution is 2.24. The molecular weight excluding hydrogens is 488 g/mol. The molecule has 39 heavy (non-hydrogen) atoms. The van der Waals surface area contributed by atoms with Crippen LogP contribution in [0.5, 0.6) is 0 Å². The number of benzene rings is 2. The maximum atomic E-state index is 13.6. The van der Waals surface area contributed by atoms with Crippen LogP contribution in [0, 0.1) is 0 Å². The summed E-state index contributed by atoms with van der Waals surface area (Å²) in [5, 5.41) is 5.57. The summed E-state index contributed by atoms with van der Waals surface area (Å²) < 4.78 is 1.91. The molecule has 2 amide bonds. The van der Waals surface area contributed by atoms with Gasteiger partial charge in [-0.3, -0.25) is 24.2 Å². The van der Waals surface area contributed by atoms with Crippen molar-refractivity contribution in [1.82, 2.24) is 24.6 Å². The molecule has 8 nitrogen and oxygen atoms in total. The monoisotopic (exact) mass is 524 g/mol. The van der Waals surface area contributed by atoms with Crippen molar-refractivity contribution < 1.29 is 9.59 Å². The van der Waals surface area contributed by atoms with Crippen LogP contribution in [0.2, 0.25) is 0 Å². The molecule has 0 bridgehead atoms. The predicted octanol–water partition coefficient (Wildman–Crippen LogP) is 4.50. The van der Waals surface area contributed by atoms with Gasteiger partial charge in [-0.2, -0.15) is 5.10 Å². The molecule has 0 saturated carbocycles. The molecule has 1 aliphatic heterocycles. The molecule has 4 aromatic rings. The van der Waals surface area contributed by atoms with E-state index in [0.717, 1.165) is 60.2 Å². The van der Waals surface area contributed by atoms with Gasteiger partial charge in [0.05, 0.1) is 18.3 Å². The molecule has 0 N–H and O–H groups in total. The number of hydrogen-bond donors (Lipinski definition) is 0. The molecule has 0 spiro atoms. The number of aryl methyl sites for hydroxylation is 1. The number of amides is 2. The average Bonchev–Trinajstić information content (AvgIpc) is 3.36. The van der Waals surface area contributed by atoms with Crippen LogP contribution in [0.4, 0.5) is 5.69 Å². The summed E-state index contributed by atoms with van der Waals surface area (Å²) in [6.45, 7) is 6.43. The van der Waals surface area contributed by atoms with E-state index >= 15 is 0 Å². The highest BCUT2D eigenvalue weighted by atomic mass is 16.2. The Morgan fingerprint density at radius 3 is 2.49 bits per heavy atom. The van der Waals surface area contributed by atoms with Crippen LogP contribution in [0.1, 0.15) is 37.3 Å². The maximum absolute atomic E-state index is 13.6. The van der Waals surface area contributed by atoms with Crippen molar-refractivity contribution in [2.45, 2.75) is 45.8 Å². The fourth-order valence-corrected chi connectivity index (χ4v) is 5.37. The predicted molar refractivity (Wildman–Crippen MR) is 153 cm³/mol. The Hall–Kier alpha value is -4.04. The summed E-state index contributed by atoms with van der Waals surface area (Å²) >= 11 is 0. The molecule has 0 aliphatic carbocycles. The molecule has 0 saturated heterocycles. The van der Waals surface area contributed by atoms with Crippen molar-refractivity contribution in [2.75, 3.05) is 31.1 Å². The molecule has 2 aromatic heterocycles. The van der Waals surface area contributed by atoms with Gasteiger partial charge >= 0.3 is 0 Å². The van der Waals surface area contributed by atoms with E-state index in [9.17, 15) is 9.59 Å². The molecule has 3 heterocycles. The van der Waals surface area contributed by atoms with E-state index < -0.39 is 0 Å². The molecule has 5 rings (SSSR count). The Bertz CT molecular complexity index is 1400. The highest BCUT2D eigenvalue weighted by Gasteiger charge is 2.21. The lowest BCUT2D eigenvalue weighted by Gasteiger charge is -2.31. The largest absolute Gasteiger partial charge is 0.338 e. The van der Waals surface area contributed by atoms with E-state index in [4.69, 9.17) is 0 Å². The minimum Gasteiger partial charge on any atom is -0.338 e. The standard InChI is InChI=1S/C31H36N6O2/c1-25(38)36-19-8-17-34(23-26-9-6-15-32-21-26)16-7-18-35(24-28-11-3-4-12-29(28)36)31(39)14-20-37-30-13-5-2-10-27(30)22-33-37/h2-6,9-13,15,21-22H,7-8,14,16-20,23-24H2,1H3. The zero-order valence-electron chi connectivity index (χ0n) is 22.6. The summed E-state index contributed by atoms with van der Waals surface area (Å²) in [4.78, 5) is 36.8. The SMILES string of the molecule is CC(=O)N1CCCN(Cc2cccnc2)CCCN(C(=O)CCn2ncc3ccccc32)Cc2ccccc21. The minimum absolute atomic E-state index is 0.0155. The van der Waals surface area contributed by atoms with E-state index in [0.29, 0.717) is 32.6 Å². The number of anilines is 1. The van der Waals surface area contributed by atoms with Gasteiger partial charge in [0.15, 0.2) is 0 Å². The Balaban J connectivity index is 1.36. The minimum atomic E-state index is 0.0155. The van der Waals surface area contributed by atoms with Crippen molar-refractivity contribution in [3.8, 4) is 0 Å². The van der Waals surface area contributed by atoms with Gasteiger partial charge in [0.1, 0.15) is 0 Å². The van der Waals surface area contributed by atoms with Crippen LogP contribution in [0.25, 0.3) is 10.9 Å². The number of nitrogens with zero attached hydrogens (tertiary/aromatic N) is 6. The second-order valence-corrected chi connectivity index (χ2v) is 10.1. The summed E-state index contributed by atoms with van der Waals surface area (Å²) in [6.07, 6.45) is 7.65. The van der Waals surface area contributed by atoms with Gasteiger partial charge in [0.2, 0.25) is 11.8 Å². The van der Waals surface area contributed by atoms with Crippen LogP contribution < -0.4 is 4.90 Å². The lowest BCUT2D eigenvalue weighted by molar-refractivity contribution is -0.132. The quantitative estimate of drug-likeness (QED) is 0.384. The van der Waals surface area contributed by atoms with Crippen LogP contribution in [0.3, 0.4) is 0 Å². The van der Waals surface area contributed by atoms with Gasteiger partial charge in [-0.05, 0) is 42.2 Å². The van der Waals surface area contributed by atoms with Crippen molar-refractivity contribution >= 4 is 28.4 Å². The topological polar surface area (TPSA) is 74.6 Å². The fraction of sp³-hybridized carbons (Fsp3) is 0.355. The zero-order chi connectivity index (χ0) is 27.0. The molecule has 0 atom stereocenters. The summed E-state index contributed by atoms with van der Waals surface area (Å²) in [6, 6.07) is 20.1. The van der Waals surface area contributed by atoms with Crippen molar-refractivity contribution in [1.29, 1.82) is 0 Å². The number of fused-ring (bicyclic) bond motifs is 2. The third-order valence-electron chi connectivity index (χ3n) is 7.35. The Morgan fingerprint density at radius 1 is 0.872 bits per heavy atom. The second-order valence-electron chi connectivity index (χ2n) is 10.1. The third kappa shape index (κ3) is 6.70. The number of para-hydroxylation sites is 2. The number of pyridine rings is 1. The lowest BCUT2D eigenvalue weighted by atomic mass is 10.1. The Kier molecular flexibility index (Phi) is 8.63. The van der Waals surface area contributed by atoms with Gasteiger partial charge in [0, 0.05) is 76.1 Å². The van der Waals surface area contributed by atoms with Crippen LogP contribution >= 0.6 is 0 Å². The van der Waals surface area contributed by atoms with Gasteiger partial charge in [0.25, 0.3) is 0 Å². The molecule has 8 heteroatoms. The van der Waals surface area contributed by atoms with E-state index in [1.807, 2.05) is 81.5 Å². The molecule has 202 valence electrons. The fourth-order valence-electron chi connectivity index (χ4n) is 5.37. The van der Waals surface area contributed by atoms with Gasteiger partial charge < -0.3 is 9.80 Å². The highest BCUT2D eigenvalue weighted by molar-refractivity contribution is 5.92. The lowest BCUT2D eigenvalue weighted by Crippen LogP contribution is -2.38. The van der Waals surface area contributed by atoms with Gasteiger partial charge in [-0.25, -0.2) is 0 Å². The number of carbonyl (C=O) groups is 2. The van der Waals surface area contributed by atoms with Crippen LogP contribution in [-0.2, 0) is 29.2 Å². The normalized spacial score (nSPS) is 15.4. The molecular formula is C31H36N6O2. The summed E-state index contributed by atoms with van der Waals surface area (Å²) in [5.41, 5.74) is 4.09. The molecule has 2 aromatic carbocycles. The zero-order valence-corrected chi connectivity index (χ0v) is 22.6. The number of rotatable bonds is 5. The first kappa shape index (κ1) is 26.6. The third-order valence-corrected chi connectivity index (χ3v) is 7.35. The van der Waals surface area contributed by atoms with Crippen LogP contribution in [0.15, 0.2) is 79.3 Å². The number of aromatic nitrogens is 3. The Labute approximate surface area is 229 Å². The smallest absolute Gasteiger partial charge is 0.224 e. The van der Waals surface area contributed by atoms with Crippen molar-refractivity contribution in [2.24, 2.45) is 0 Å². The molecule has 0 unspecified atom stereocenters. The van der Waals surface area contributed by atoms with Crippen LogP contribution in [-0.4, -0.2) is 62.6 Å². The van der Waals surface area contributed by atoms with Gasteiger partial charge in [-0.1, -0.05) is 42.5 Å². The first-order valence-electron chi connectivity index (χ1n) is 13.7. The van der Waals surface area contributed by atoms with E-state index in [1.165, 1.54) is 0 Å². The van der Waals surface area contributed by atoms with E-state index in [-0.39, 0.29) is 11.8 Å². The first-order chi connectivity index (χ1) is 19.1. The average molecular weight is 525 g/mol.